The van der Waals surface area contributed by atoms with Crippen molar-refractivity contribution in [2.45, 2.75) is 12.8 Å². The molecule has 1 saturated carbocycles. The zero-order chi connectivity index (χ0) is 16.9. The molecule has 1 fully saturated rings. The summed E-state index contributed by atoms with van der Waals surface area (Å²) in [6.45, 7) is 0. The molecule has 0 amide bonds. The topological polar surface area (TPSA) is 105 Å². The quantitative estimate of drug-likeness (QED) is 0.524. The molecule has 8 nitrogen and oxygen atoms in total. The molecule has 0 unspecified atom stereocenters. The Morgan fingerprint density at radius 2 is 0.727 bits per heavy atom. The van der Waals surface area contributed by atoms with Gasteiger partial charge in [0.05, 0.1) is 52.1 Å². The summed E-state index contributed by atoms with van der Waals surface area (Å²) in [6.07, 6.45) is -0.0856. The first kappa shape index (κ1) is 17.9. The van der Waals surface area contributed by atoms with Crippen LogP contribution in [-0.2, 0) is 38.1 Å². The molecule has 124 valence electrons. The molecule has 0 spiro atoms. The highest BCUT2D eigenvalue weighted by atomic mass is 16.5. The standard InChI is InChI=1S/C14H20O8/c1-19-11(15)7-5-9(13(17)21-3)10(14(18)22-4)6-8(7)12(16)20-2/h7-10H,5-6H2,1-4H3/t7-,8-,9+,10+. The minimum atomic E-state index is -0.873. The van der Waals surface area contributed by atoms with Crippen molar-refractivity contribution < 1.29 is 38.1 Å². The van der Waals surface area contributed by atoms with Gasteiger partial charge in [0.2, 0.25) is 0 Å². The van der Waals surface area contributed by atoms with E-state index < -0.39 is 47.5 Å². The van der Waals surface area contributed by atoms with Crippen molar-refractivity contribution in [3.05, 3.63) is 0 Å². The van der Waals surface area contributed by atoms with Gasteiger partial charge in [0, 0.05) is 0 Å². The summed E-state index contributed by atoms with van der Waals surface area (Å²) in [5, 5.41) is 0. The largest absolute Gasteiger partial charge is 0.469 e. The van der Waals surface area contributed by atoms with E-state index >= 15 is 0 Å². The third-order valence-electron chi connectivity index (χ3n) is 4.00. The van der Waals surface area contributed by atoms with Gasteiger partial charge >= 0.3 is 23.9 Å². The summed E-state index contributed by atoms with van der Waals surface area (Å²) in [7, 11) is 4.76. The first-order valence-corrected chi connectivity index (χ1v) is 6.72. The summed E-state index contributed by atoms with van der Waals surface area (Å²) in [5.74, 6) is -6.02. The first-order chi connectivity index (χ1) is 10.4. The Bertz CT molecular complexity index is 376. The minimum Gasteiger partial charge on any atom is -0.469 e. The molecule has 0 saturated heterocycles. The van der Waals surface area contributed by atoms with E-state index in [-0.39, 0.29) is 12.8 Å². The van der Waals surface area contributed by atoms with E-state index in [2.05, 4.69) is 18.9 Å². The Balaban J connectivity index is 3.15. The number of ether oxygens (including phenoxy) is 4. The van der Waals surface area contributed by atoms with Crippen molar-refractivity contribution in [3.63, 3.8) is 0 Å². The summed E-state index contributed by atoms with van der Waals surface area (Å²) < 4.78 is 18.7. The fraction of sp³-hybridized carbons (Fsp3) is 0.714. The van der Waals surface area contributed by atoms with Crippen LogP contribution in [0.2, 0.25) is 0 Å². The van der Waals surface area contributed by atoms with Crippen molar-refractivity contribution in [1.29, 1.82) is 0 Å². The van der Waals surface area contributed by atoms with Crippen molar-refractivity contribution in [3.8, 4) is 0 Å². The third kappa shape index (κ3) is 3.55. The lowest BCUT2D eigenvalue weighted by Crippen LogP contribution is -2.46. The van der Waals surface area contributed by atoms with Crippen LogP contribution in [0, 0.1) is 23.7 Å². The maximum Gasteiger partial charge on any atom is 0.309 e. The number of hydrogen-bond donors (Lipinski definition) is 0. The summed E-state index contributed by atoms with van der Waals surface area (Å²) in [6, 6.07) is 0. The smallest absolute Gasteiger partial charge is 0.309 e. The maximum atomic E-state index is 11.9. The van der Waals surface area contributed by atoms with Crippen LogP contribution in [0.5, 0.6) is 0 Å². The zero-order valence-electron chi connectivity index (χ0n) is 13.0. The maximum absolute atomic E-state index is 11.9. The van der Waals surface area contributed by atoms with Crippen LogP contribution in [0.3, 0.4) is 0 Å². The van der Waals surface area contributed by atoms with Gasteiger partial charge in [0.1, 0.15) is 0 Å². The third-order valence-corrected chi connectivity index (χ3v) is 4.00. The number of rotatable bonds is 4. The van der Waals surface area contributed by atoms with Gasteiger partial charge in [-0.25, -0.2) is 0 Å². The highest BCUT2D eigenvalue weighted by molar-refractivity contribution is 5.87. The van der Waals surface area contributed by atoms with Crippen molar-refractivity contribution in [1.82, 2.24) is 0 Å². The highest BCUT2D eigenvalue weighted by Gasteiger charge is 2.50. The Morgan fingerprint density at radius 3 is 0.864 bits per heavy atom. The molecule has 22 heavy (non-hydrogen) atoms. The molecule has 0 aliphatic heterocycles. The molecule has 0 radical (unpaired) electrons. The van der Waals surface area contributed by atoms with Crippen molar-refractivity contribution >= 4 is 23.9 Å². The van der Waals surface area contributed by atoms with E-state index in [4.69, 9.17) is 0 Å². The molecule has 0 aromatic carbocycles. The van der Waals surface area contributed by atoms with Crippen molar-refractivity contribution in [2.24, 2.45) is 23.7 Å². The van der Waals surface area contributed by atoms with Crippen LogP contribution in [0.15, 0.2) is 0 Å². The van der Waals surface area contributed by atoms with E-state index in [0.29, 0.717) is 0 Å². The van der Waals surface area contributed by atoms with Gasteiger partial charge in [-0.1, -0.05) is 0 Å². The van der Waals surface area contributed by atoms with Gasteiger partial charge in [0.25, 0.3) is 0 Å². The van der Waals surface area contributed by atoms with Crippen LogP contribution < -0.4 is 0 Å². The molecule has 0 heterocycles. The Labute approximate surface area is 128 Å². The Hall–Kier alpha value is -2.12. The van der Waals surface area contributed by atoms with Gasteiger partial charge in [-0.15, -0.1) is 0 Å². The second-order valence-corrected chi connectivity index (χ2v) is 4.99. The van der Waals surface area contributed by atoms with Crippen LogP contribution in [0.4, 0.5) is 0 Å². The van der Waals surface area contributed by atoms with E-state index in [1.54, 1.807) is 0 Å². The lowest BCUT2D eigenvalue weighted by Gasteiger charge is -2.36. The fourth-order valence-corrected chi connectivity index (χ4v) is 2.85. The molecule has 1 aliphatic rings. The number of esters is 4. The predicted octanol–water partition coefficient (Wildman–Crippen LogP) is -0.0630. The molecule has 1 rings (SSSR count). The average molecular weight is 316 g/mol. The van der Waals surface area contributed by atoms with Gasteiger partial charge in [-0.3, -0.25) is 19.2 Å². The zero-order valence-corrected chi connectivity index (χ0v) is 13.0. The lowest BCUT2D eigenvalue weighted by molar-refractivity contribution is -0.172. The second kappa shape index (κ2) is 7.77. The SMILES string of the molecule is COC(=O)[C@H]1C[C@@H](C(=O)OC)[C@H](C(=O)OC)C[C@@H]1C(=O)OC. The lowest BCUT2D eigenvalue weighted by atomic mass is 9.68. The molecule has 4 atom stereocenters. The molecule has 0 N–H and O–H groups in total. The van der Waals surface area contributed by atoms with E-state index in [1.165, 1.54) is 28.4 Å². The van der Waals surface area contributed by atoms with Crippen LogP contribution in [-0.4, -0.2) is 52.3 Å². The number of carbonyl (C=O) groups is 4. The van der Waals surface area contributed by atoms with Crippen LogP contribution in [0.1, 0.15) is 12.8 Å². The molecule has 8 heteroatoms. The average Bonchev–Trinajstić information content (AvgIpc) is 2.57. The first-order valence-electron chi connectivity index (χ1n) is 6.72. The second-order valence-electron chi connectivity index (χ2n) is 4.99. The number of carbonyl (C=O) groups excluding carboxylic acids is 4. The minimum absolute atomic E-state index is 0.0428. The molecule has 0 aromatic heterocycles. The van der Waals surface area contributed by atoms with E-state index in [9.17, 15) is 19.2 Å². The van der Waals surface area contributed by atoms with E-state index in [1.807, 2.05) is 0 Å². The number of methoxy groups -OCH3 is 4. The van der Waals surface area contributed by atoms with Gasteiger partial charge in [0.15, 0.2) is 0 Å². The predicted molar refractivity (Wildman–Crippen MR) is 71.3 cm³/mol. The van der Waals surface area contributed by atoms with Gasteiger partial charge in [-0.2, -0.15) is 0 Å². The normalized spacial score (nSPS) is 27.5. The monoisotopic (exact) mass is 316 g/mol. The molecule has 0 bridgehead atoms. The Kier molecular flexibility index (Phi) is 6.33. The highest BCUT2D eigenvalue weighted by Crippen LogP contribution is 2.40. The molecule has 0 aromatic rings. The van der Waals surface area contributed by atoms with Crippen LogP contribution >= 0.6 is 0 Å². The summed E-state index contributed by atoms with van der Waals surface area (Å²) in [5.41, 5.74) is 0. The molecular formula is C14H20O8. The van der Waals surface area contributed by atoms with Crippen LogP contribution in [0.25, 0.3) is 0 Å². The molecular weight excluding hydrogens is 296 g/mol. The molecule has 1 aliphatic carbocycles. The number of hydrogen-bond acceptors (Lipinski definition) is 8. The van der Waals surface area contributed by atoms with Crippen molar-refractivity contribution in [2.75, 3.05) is 28.4 Å². The van der Waals surface area contributed by atoms with E-state index in [0.717, 1.165) is 0 Å². The summed E-state index contributed by atoms with van der Waals surface area (Å²) >= 11 is 0. The Morgan fingerprint density at radius 1 is 0.545 bits per heavy atom. The van der Waals surface area contributed by atoms with Gasteiger partial charge < -0.3 is 18.9 Å². The fourth-order valence-electron chi connectivity index (χ4n) is 2.85. The van der Waals surface area contributed by atoms with Gasteiger partial charge in [-0.05, 0) is 12.8 Å². The summed E-state index contributed by atoms with van der Waals surface area (Å²) in [4.78, 5) is 47.6.